The van der Waals surface area contributed by atoms with E-state index >= 15 is 0 Å². The van der Waals surface area contributed by atoms with E-state index in [1.54, 1.807) is 7.11 Å². The van der Waals surface area contributed by atoms with Crippen LogP contribution in [0.3, 0.4) is 0 Å². The Morgan fingerprint density at radius 2 is 2.26 bits per heavy atom. The lowest BCUT2D eigenvalue weighted by molar-refractivity contribution is -0.137. The average Bonchev–Trinajstić information content (AvgIpc) is 2.53. The van der Waals surface area contributed by atoms with Crippen LogP contribution < -0.4 is 15.4 Å². The first-order valence-electron chi connectivity index (χ1n) is 7.92. The average molecular weight is 319 g/mol. The van der Waals surface area contributed by atoms with Gasteiger partial charge >= 0.3 is 0 Å². The number of rotatable bonds is 5. The summed E-state index contributed by atoms with van der Waals surface area (Å²) in [5, 5.41) is 6.10. The Balaban J connectivity index is 2.12. The number of nitrogens with zero attached hydrogens (tertiary/aromatic N) is 1. The molecule has 1 saturated heterocycles. The van der Waals surface area contributed by atoms with E-state index in [9.17, 15) is 9.59 Å². The summed E-state index contributed by atoms with van der Waals surface area (Å²) >= 11 is 0. The van der Waals surface area contributed by atoms with E-state index in [0.29, 0.717) is 19.5 Å². The van der Waals surface area contributed by atoms with Crippen molar-refractivity contribution in [3.05, 3.63) is 29.8 Å². The second kappa shape index (κ2) is 7.97. The molecule has 2 amide bonds. The molecule has 1 aliphatic rings. The third kappa shape index (κ3) is 4.96. The Morgan fingerprint density at radius 3 is 2.91 bits per heavy atom. The van der Waals surface area contributed by atoms with E-state index in [2.05, 4.69) is 17.6 Å². The predicted octanol–water partition coefficient (Wildman–Crippen LogP) is 0.563. The van der Waals surface area contributed by atoms with Crippen LogP contribution in [0.1, 0.15) is 19.4 Å². The minimum Gasteiger partial charge on any atom is -0.497 e. The topological polar surface area (TPSA) is 70.7 Å². The largest absolute Gasteiger partial charge is 0.497 e. The molecule has 0 aromatic heterocycles. The van der Waals surface area contributed by atoms with Crippen LogP contribution in [-0.2, 0) is 16.0 Å². The molecule has 1 aliphatic heterocycles. The van der Waals surface area contributed by atoms with Crippen LogP contribution in [-0.4, -0.2) is 55.5 Å². The van der Waals surface area contributed by atoms with Crippen LogP contribution in [0, 0.1) is 0 Å². The summed E-state index contributed by atoms with van der Waals surface area (Å²) in [5.74, 6) is 0.512. The fourth-order valence-electron chi connectivity index (χ4n) is 2.83. The highest BCUT2D eigenvalue weighted by atomic mass is 16.5. The number of amides is 2. The number of benzene rings is 1. The molecule has 1 aromatic carbocycles. The first kappa shape index (κ1) is 17.3. The zero-order valence-electron chi connectivity index (χ0n) is 14.0. The highest BCUT2D eigenvalue weighted by Crippen LogP contribution is 2.15. The van der Waals surface area contributed by atoms with Crippen molar-refractivity contribution in [2.45, 2.75) is 32.4 Å². The number of carbonyl (C=O) groups is 2. The molecule has 126 valence electrons. The standard InChI is InChI=1S/C17H25N3O3/c1-12-11-20(8-7-18-12)17(22)16(19-13(2)21)10-14-5-4-6-15(9-14)23-3/h4-6,9,12,16,18H,7-8,10-11H2,1-3H3,(H,19,21)/t12-,16-/m1/s1. The number of methoxy groups -OCH3 is 1. The van der Waals surface area contributed by atoms with Crippen molar-refractivity contribution in [2.24, 2.45) is 0 Å². The van der Waals surface area contributed by atoms with E-state index in [4.69, 9.17) is 4.74 Å². The zero-order valence-corrected chi connectivity index (χ0v) is 14.0. The number of carbonyl (C=O) groups excluding carboxylic acids is 2. The molecule has 2 atom stereocenters. The maximum Gasteiger partial charge on any atom is 0.245 e. The number of hydrogen-bond donors (Lipinski definition) is 2. The van der Waals surface area contributed by atoms with E-state index in [1.807, 2.05) is 29.2 Å². The third-order valence-corrected chi connectivity index (χ3v) is 3.93. The second-order valence-corrected chi connectivity index (χ2v) is 5.95. The van der Waals surface area contributed by atoms with Crippen molar-refractivity contribution in [3.8, 4) is 5.75 Å². The fourth-order valence-corrected chi connectivity index (χ4v) is 2.83. The molecule has 0 radical (unpaired) electrons. The first-order valence-corrected chi connectivity index (χ1v) is 7.92. The minimum absolute atomic E-state index is 0.0311. The summed E-state index contributed by atoms with van der Waals surface area (Å²) in [6, 6.07) is 7.29. The molecule has 0 bridgehead atoms. The van der Waals surface area contributed by atoms with E-state index in [1.165, 1.54) is 6.92 Å². The van der Waals surface area contributed by atoms with Crippen molar-refractivity contribution in [1.82, 2.24) is 15.5 Å². The van der Waals surface area contributed by atoms with E-state index in [-0.39, 0.29) is 17.9 Å². The predicted molar refractivity (Wildman–Crippen MR) is 88.3 cm³/mol. The second-order valence-electron chi connectivity index (χ2n) is 5.95. The molecule has 0 unspecified atom stereocenters. The summed E-state index contributed by atoms with van der Waals surface area (Å²) in [6.07, 6.45) is 0.452. The molecule has 0 saturated carbocycles. The molecule has 1 heterocycles. The Morgan fingerprint density at radius 1 is 1.48 bits per heavy atom. The first-order chi connectivity index (χ1) is 11.0. The van der Waals surface area contributed by atoms with Crippen LogP contribution >= 0.6 is 0 Å². The molecule has 23 heavy (non-hydrogen) atoms. The molecule has 0 aliphatic carbocycles. The van der Waals surface area contributed by atoms with Crippen molar-refractivity contribution in [3.63, 3.8) is 0 Å². The van der Waals surface area contributed by atoms with Crippen molar-refractivity contribution >= 4 is 11.8 Å². The van der Waals surface area contributed by atoms with Crippen molar-refractivity contribution in [2.75, 3.05) is 26.7 Å². The number of ether oxygens (including phenoxy) is 1. The monoisotopic (exact) mass is 319 g/mol. The third-order valence-electron chi connectivity index (χ3n) is 3.93. The summed E-state index contributed by atoms with van der Waals surface area (Å²) in [7, 11) is 1.61. The number of piperazine rings is 1. The van der Waals surface area contributed by atoms with E-state index < -0.39 is 6.04 Å². The van der Waals surface area contributed by atoms with Gasteiger partial charge in [-0.3, -0.25) is 9.59 Å². The Labute approximate surface area is 137 Å². The highest BCUT2D eigenvalue weighted by Gasteiger charge is 2.28. The van der Waals surface area contributed by atoms with Crippen LogP contribution in [0.15, 0.2) is 24.3 Å². The van der Waals surface area contributed by atoms with Gasteiger partial charge < -0.3 is 20.3 Å². The normalized spacial score (nSPS) is 19.1. The summed E-state index contributed by atoms with van der Waals surface area (Å²) in [6.45, 7) is 5.59. The molecular formula is C17H25N3O3. The Bertz CT molecular complexity index is 562. The highest BCUT2D eigenvalue weighted by molar-refractivity contribution is 5.87. The molecule has 2 N–H and O–H groups in total. The molecule has 6 nitrogen and oxygen atoms in total. The van der Waals surface area contributed by atoms with Crippen molar-refractivity contribution < 1.29 is 14.3 Å². The maximum absolute atomic E-state index is 12.8. The molecule has 1 fully saturated rings. The van der Waals surface area contributed by atoms with E-state index in [0.717, 1.165) is 17.9 Å². The molecule has 1 aromatic rings. The molecule has 0 spiro atoms. The van der Waals surface area contributed by atoms with Gasteiger partial charge in [-0.2, -0.15) is 0 Å². The van der Waals surface area contributed by atoms with Gasteiger partial charge in [0.2, 0.25) is 11.8 Å². The number of hydrogen-bond acceptors (Lipinski definition) is 4. The SMILES string of the molecule is COc1cccc(C[C@@H](NC(C)=O)C(=O)N2CCN[C@H](C)C2)c1. The lowest BCUT2D eigenvalue weighted by atomic mass is 10.0. The van der Waals surface area contributed by atoms with Gasteiger partial charge in [-0.25, -0.2) is 0 Å². The Kier molecular flexibility index (Phi) is 5.98. The van der Waals surface area contributed by atoms with Gasteiger partial charge in [-0.15, -0.1) is 0 Å². The van der Waals surface area contributed by atoms with Gasteiger partial charge in [-0.05, 0) is 24.6 Å². The van der Waals surface area contributed by atoms with Gasteiger partial charge in [0.15, 0.2) is 0 Å². The van der Waals surface area contributed by atoms with Gasteiger partial charge in [0, 0.05) is 39.0 Å². The number of nitrogens with one attached hydrogen (secondary N) is 2. The summed E-state index contributed by atoms with van der Waals surface area (Å²) < 4.78 is 5.22. The minimum atomic E-state index is -0.551. The summed E-state index contributed by atoms with van der Waals surface area (Å²) in [5.41, 5.74) is 0.958. The van der Waals surface area contributed by atoms with Gasteiger partial charge in [-0.1, -0.05) is 12.1 Å². The van der Waals surface area contributed by atoms with Gasteiger partial charge in [0.25, 0.3) is 0 Å². The lowest BCUT2D eigenvalue weighted by Gasteiger charge is -2.34. The zero-order chi connectivity index (χ0) is 16.8. The van der Waals surface area contributed by atoms with Gasteiger partial charge in [0.05, 0.1) is 7.11 Å². The maximum atomic E-state index is 12.8. The molecule has 6 heteroatoms. The molecule has 2 rings (SSSR count). The van der Waals surface area contributed by atoms with Crippen LogP contribution in [0.25, 0.3) is 0 Å². The quantitative estimate of drug-likeness (QED) is 0.832. The van der Waals surface area contributed by atoms with Crippen LogP contribution in [0.5, 0.6) is 5.75 Å². The Hall–Kier alpha value is -2.08. The lowest BCUT2D eigenvalue weighted by Crippen LogP contribution is -2.57. The fraction of sp³-hybridized carbons (Fsp3) is 0.529. The molecular weight excluding hydrogens is 294 g/mol. The van der Waals surface area contributed by atoms with Crippen LogP contribution in [0.4, 0.5) is 0 Å². The van der Waals surface area contributed by atoms with Crippen molar-refractivity contribution in [1.29, 1.82) is 0 Å². The van der Waals surface area contributed by atoms with Gasteiger partial charge in [0.1, 0.15) is 11.8 Å². The van der Waals surface area contributed by atoms with Crippen LogP contribution in [0.2, 0.25) is 0 Å². The smallest absolute Gasteiger partial charge is 0.245 e. The summed E-state index contributed by atoms with van der Waals surface area (Å²) in [4.78, 5) is 26.1.